The van der Waals surface area contributed by atoms with E-state index in [2.05, 4.69) is 5.32 Å². The second kappa shape index (κ2) is 8.06. The molecular weight excluding hydrogens is 328 g/mol. The van der Waals surface area contributed by atoms with Crippen LogP contribution >= 0.6 is 0 Å². The Morgan fingerprint density at radius 3 is 2.40 bits per heavy atom. The first-order chi connectivity index (χ1) is 11.9. The molecule has 0 aliphatic rings. The molecule has 0 radical (unpaired) electrons. The largest absolute Gasteiger partial charge is 0.492 e. The van der Waals surface area contributed by atoms with E-state index < -0.39 is 23.9 Å². The van der Waals surface area contributed by atoms with Crippen LogP contribution in [0.15, 0.2) is 42.5 Å². The van der Waals surface area contributed by atoms with Gasteiger partial charge in [0.05, 0.1) is 12.7 Å². The van der Waals surface area contributed by atoms with Crippen molar-refractivity contribution >= 4 is 12.0 Å². The molecule has 0 saturated heterocycles. The molecule has 0 saturated carbocycles. The molecule has 5 N–H and O–H groups in total. The van der Waals surface area contributed by atoms with E-state index in [0.717, 1.165) is 17.7 Å². The summed E-state index contributed by atoms with van der Waals surface area (Å²) in [5, 5.41) is 21.1. The average molecular weight is 348 g/mol. The molecule has 0 aliphatic heterocycles. The molecule has 0 unspecified atom stereocenters. The lowest BCUT2D eigenvalue weighted by Crippen LogP contribution is -2.48. The van der Waals surface area contributed by atoms with Gasteiger partial charge >= 0.3 is 6.09 Å². The number of nitrogens with one attached hydrogen (secondary N) is 1. The summed E-state index contributed by atoms with van der Waals surface area (Å²) in [4.78, 5) is 29.8. The van der Waals surface area contributed by atoms with Crippen molar-refractivity contribution in [2.75, 3.05) is 13.7 Å². The van der Waals surface area contributed by atoms with Crippen LogP contribution < -0.4 is 15.9 Å². The number of nitrogens with zero attached hydrogens (tertiary/aromatic N) is 2. The van der Waals surface area contributed by atoms with E-state index in [-0.39, 0.29) is 12.6 Å². The standard InChI is InChI=1S/C16H20N4O5/c1-19(15(23)12(17)9-11-5-3-2-4-6-11)10-18-16(24)25-20-13(21)7-8-14(20)22/h2-8,12,21-22H,9-10,17H2,1H3,(H,18,24)/t12-/m0/s1. The fraction of sp³-hybridized carbons (Fsp3) is 0.250. The zero-order valence-electron chi connectivity index (χ0n) is 13.6. The molecule has 25 heavy (non-hydrogen) atoms. The second-order valence-electron chi connectivity index (χ2n) is 5.39. The summed E-state index contributed by atoms with van der Waals surface area (Å²) in [6.45, 7) is -0.150. The lowest BCUT2D eigenvalue weighted by atomic mass is 10.1. The summed E-state index contributed by atoms with van der Waals surface area (Å²) >= 11 is 0. The van der Waals surface area contributed by atoms with Gasteiger partial charge in [0.1, 0.15) is 0 Å². The van der Waals surface area contributed by atoms with E-state index in [1.165, 1.54) is 11.9 Å². The quantitative estimate of drug-likeness (QED) is 0.545. The highest BCUT2D eigenvalue weighted by atomic mass is 16.7. The fourth-order valence-corrected chi connectivity index (χ4v) is 2.11. The number of aromatic hydroxyl groups is 2. The Morgan fingerprint density at radius 1 is 1.20 bits per heavy atom. The van der Waals surface area contributed by atoms with Crippen LogP contribution in [0.3, 0.4) is 0 Å². The second-order valence-corrected chi connectivity index (χ2v) is 5.39. The summed E-state index contributed by atoms with van der Waals surface area (Å²) in [7, 11) is 1.48. The third kappa shape index (κ3) is 4.88. The van der Waals surface area contributed by atoms with Crippen molar-refractivity contribution in [3.8, 4) is 11.8 Å². The maximum Gasteiger partial charge on any atom is 0.433 e. The lowest BCUT2D eigenvalue weighted by Gasteiger charge is -2.21. The minimum absolute atomic E-state index is 0.150. The van der Waals surface area contributed by atoms with Gasteiger partial charge in [-0.3, -0.25) is 4.79 Å². The van der Waals surface area contributed by atoms with Crippen molar-refractivity contribution in [1.82, 2.24) is 14.9 Å². The Morgan fingerprint density at radius 2 is 1.80 bits per heavy atom. The van der Waals surface area contributed by atoms with Gasteiger partial charge in [0.25, 0.3) is 0 Å². The normalized spacial score (nSPS) is 11.6. The van der Waals surface area contributed by atoms with Crippen LogP contribution in [-0.4, -0.2) is 51.6 Å². The molecule has 9 nitrogen and oxygen atoms in total. The van der Waals surface area contributed by atoms with Gasteiger partial charge in [0.2, 0.25) is 17.7 Å². The fourth-order valence-electron chi connectivity index (χ4n) is 2.11. The maximum atomic E-state index is 12.2. The minimum Gasteiger partial charge on any atom is -0.492 e. The van der Waals surface area contributed by atoms with Crippen molar-refractivity contribution in [2.24, 2.45) is 5.73 Å². The number of carbonyl (C=O) groups excluding carboxylic acids is 2. The van der Waals surface area contributed by atoms with E-state index in [4.69, 9.17) is 10.6 Å². The Hall–Kier alpha value is -3.20. The summed E-state index contributed by atoms with van der Waals surface area (Å²) < 4.78 is 0.540. The van der Waals surface area contributed by atoms with Crippen molar-refractivity contribution < 1.29 is 24.6 Å². The number of benzene rings is 1. The summed E-state index contributed by atoms with van der Waals surface area (Å²) in [5.74, 6) is -1.24. The van der Waals surface area contributed by atoms with Crippen molar-refractivity contribution in [3.63, 3.8) is 0 Å². The molecule has 1 aromatic carbocycles. The van der Waals surface area contributed by atoms with Crippen LogP contribution in [0.4, 0.5) is 4.79 Å². The van der Waals surface area contributed by atoms with Crippen LogP contribution in [0.2, 0.25) is 0 Å². The van der Waals surface area contributed by atoms with E-state index in [1.54, 1.807) is 0 Å². The number of nitrogens with two attached hydrogens (primary N) is 1. The zero-order chi connectivity index (χ0) is 18.4. The Bertz CT molecular complexity index is 712. The summed E-state index contributed by atoms with van der Waals surface area (Å²) in [5.41, 5.74) is 6.83. The number of rotatable bonds is 6. The molecule has 2 aromatic rings. The number of hydrogen-bond acceptors (Lipinski definition) is 6. The van der Waals surface area contributed by atoms with E-state index in [0.29, 0.717) is 11.2 Å². The number of likely N-dealkylation sites (N-methyl/N-ethyl adjacent to an activating group) is 1. The van der Waals surface area contributed by atoms with E-state index >= 15 is 0 Å². The molecule has 9 heteroatoms. The van der Waals surface area contributed by atoms with Crippen molar-refractivity contribution in [1.29, 1.82) is 0 Å². The molecule has 1 aromatic heterocycles. The highest BCUT2D eigenvalue weighted by Gasteiger charge is 2.19. The predicted molar refractivity (Wildman–Crippen MR) is 88.6 cm³/mol. The number of aromatic nitrogens is 1. The minimum atomic E-state index is -0.960. The highest BCUT2D eigenvalue weighted by Crippen LogP contribution is 2.18. The van der Waals surface area contributed by atoms with Gasteiger partial charge < -0.3 is 31.0 Å². The zero-order valence-corrected chi connectivity index (χ0v) is 13.6. The summed E-state index contributed by atoms with van der Waals surface area (Å²) in [6.07, 6.45) is -0.586. The Kier molecular flexibility index (Phi) is 5.85. The van der Waals surface area contributed by atoms with Crippen LogP contribution in [-0.2, 0) is 11.2 Å². The molecule has 2 amide bonds. The SMILES string of the molecule is CN(CNC(=O)On1c(O)ccc1O)C(=O)[C@@H](N)Cc1ccccc1. The van der Waals surface area contributed by atoms with E-state index in [1.807, 2.05) is 30.3 Å². The van der Waals surface area contributed by atoms with Gasteiger partial charge in [-0.25, -0.2) is 4.79 Å². The third-order valence-electron chi connectivity index (χ3n) is 3.42. The highest BCUT2D eigenvalue weighted by molar-refractivity contribution is 5.82. The molecule has 0 fully saturated rings. The van der Waals surface area contributed by atoms with Gasteiger partial charge in [0, 0.05) is 19.2 Å². The first kappa shape index (κ1) is 18.1. The van der Waals surface area contributed by atoms with Crippen LogP contribution in [0.5, 0.6) is 11.8 Å². The Labute approximate surface area is 144 Å². The molecule has 0 spiro atoms. The average Bonchev–Trinajstić information content (AvgIpc) is 2.91. The van der Waals surface area contributed by atoms with Gasteiger partial charge in [0.15, 0.2) is 0 Å². The topological polar surface area (TPSA) is 130 Å². The van der Waals surface area contributed by atoms with Gasteiger partial charge in [-0.1, -0.05) is 30.3 Å². The van der Waals surface area contributed by atoms with Gasteiger partial charge in [-0.05, 0) is 12.0 Å². The molecular formula is C16H20N4O5. The van der Waals surface area contributed by atoms with E-state index in [9.17, 15) is 19.8 Å². The molecule has 0 bridgehead atoms. The van der Waals surface area contributed by atoms with Crippen LogP contribution in [0, 0.1) is 0 Å². The first-order valence-electron chi connectivity index (χ1n) is 7.49. The third-order valence-corrected chi connectivity index (χ3v) is 3.42. The van der Waals surface area contributed by atoms with Crippen LogP contribution in [0.25, 0.3) is 0 Å². The molecule has 1 atom stereocenters. The predicted octanol–water partition coefficient (Wildman–Crippen LogP) is 0.0234. The molecule has 1 heterocycles. The number of hydrogen-bond donors (Lipinski definition) is 4. The number of carbonyl (C=O) groups is 2. The summed E-state index contributed by atoms with van der Waals surface area (Å²) in [6, 6.07) is 10.9. The Balaban J connectivity index is 1.81. The molecule has 2 rings (SSSR count). The lowest BCUT2D eigenvalue weighted by molar-refractivity contribution is -0.131. The van der Waals surface area contributed by atoms with Crippen molar-refractivity contribution in [2.45, 2.75) is 12.5 Å². The molecule has 0 aliphatic carbocycles. The monoisotopic (exact) mass is 348 g/mol. The number of amides is 2. The van der Waals surface area contributed by atoms with Crippen molar-refractivity contribution in [3.05, 3.63) is 48.0 Å². The van der Waals surface area contributed by atoms with Gasteiger partial charge in [-0.15, -0.1) is 4.73 Å². The molecule has 134 valence electrons. The van der Waals surface area contributed by atoms with Crippen LogP contribution in [0.1, 0.15) is 5.56 Å². The van der Waals surface area contributed by atoms with Gasteiger partial charge in [-0.2, -0.15) is 0 Å². The maximum absolute atomic E-state index is 12.2. The smallest absolute Gasteiger partial charge is 0.433 e. The first-order valence-corrected chi connectivity index (χ1v) is 7.49.